The summed E-state index contributed by atoms with van der Waals surface area (Å²) in [5.74, 6) is 5.80. The maximum Gasteiger partial charge on any atom is 0.349 e. The van der Waals surface area contributed by atoms with Crippen LogP contribution in [-0.2, 0) is 26.5 Å². The molecule has 0 radical (unpaired) electrons. The highest BCUT2D eigenvalue weighted by molar-refractivity contribution is 7.12. The molecule has 1 spiro atoms. The molecule has 1 amide bonds. The summed E-state index contributed by atoms with van der Waals surface area (Å²) >= 11 is 2.68. The van der Waals surface area contributed by atoms with Crippen molar-refractivity contribution in [2.24, 2.45) is 11.3 Å². The van der Waals surface area contributed by atoms with Crippen LogP contribution in [0.15, 0.2) is 82.3 Å². The number of H-pyrrole nitrogens is 1. The van der Waals surface area contributed by atoms with E-state index in [-0.39, 0.29) is 40.8 Å². The first-order valence-corrected chi connectivity index (χ1v) is 21.7. The number of hydrogen-bond acceptors (Lipinski definition) is 14. The molecule has 2 aromatic carbocycles. The van der Waals surface area contributed by atoms with Crippen molar-refractivity contribution in [3.8, 4) is 5.75 Å². The second kappa shape index (κ2) is 18.2. The second-order valence-corrected chi connectivity index (χ2v) is 17.8. The maximum absolute atomic E-state index is 13.4. The number of hydrogen-bond donors (Lipinski definition) is 7. The van der Waals surface area contributed by atoms with Gasteiger partial charge >= 0.3 is 5.97 Å². The number of benzene rings is 2. The molecule has 3 aromatic heterocycles. The largest absolute Gasteiger partial charge is 0.506 e. The number of aliphatic hydroxyl groups is 2. The number of phenolic OH excluding ortho intramolecular Hbond substituents is 1. The van der Waals surface area contributed by atoms with Gasteiger partial charge in [0.15, 0.2) is 0 Å². The number of aromatic nitrogens is 1. The fraction of sp³-hybridized carbons (Fsp3) is 0.419. The number of pyridine rings is 1. The zero-order valence-electron chi connectivity index (χ0n) is 33.1. The number of nitrogens with one attached hydrogen (secondary N) is 2. The van der Waals surface area contributed by atoms with Crippen LogP contribution in [0.4, 0.5) is 11.4 Å². The van der Waals surface area contributed by atoms with Crippen molar-refractivity contribution in [2.75, 3.05) is 57.1 Å². The Morgan fingerprint density at radius 3 is 2.42 bits per heavy atom. The molecule has 2 fully saturated rings. The maximum atomic E-state index is 13.4. The lowest BCUT2D eigenvalue weighted by Crippen LogP contribution is -2.52. The number of aromatic hydroxyl groups is 1. The molecular weight excluding hydrogens is 791 g/mol. The molecule has 16 heteroatoms. The van der Waals surface area contributed by atoms with Gasteiger partial charge in [0.05, 0.1) is 32.7 Å². The number of nitrogens with two attached hydrogens (primary N) is 2. The molecule has 59 heavy (non-hydrogen) atoms. The number of esters is 1. The third-order valence-corrected chi connectivity index (χ3v) is 13.8. The van der Waals surface area contributed by atoms with Gasteiger partial charge in [-0.05, 0) is 109 Å². The summed E-state index contributed by atoms with van der Waals surface area (Å²) in [6.07, 6.45) is 3.58. The number of likely N-dealkylation sites (tertiary alicyclic amines) is 1. The van der Waals surface area contributed by atoms with E-state index in [0.717, 1.165) is 44.3 Å². The van der Waals surface area contributed by atoms with Crippen molar-refractivity contribution in [1.82, 2.24) is 20.1 Å². The number of fused-ring (bicyclic) bond motifs is 1. The molecule has 4 heterocycles. The van der Waals surface area contributed by atoms with Crippen LogP contribution in [-0.4, -0.2) is 94.4 Å². The smallest absolute Gasteiger partial charge is 0.349 e. The Balaban J connectivity index is 0.783. The number of carbonyl (C=O) groups is 2. The fourth-order valence-corrected chi connectivity index (χ4v) is 10.0. The van der Waals surface area contributed by atoms with Crippen molar-refractivity contribution in [3.05, 3.63) is 109 Å². The predicted octanol–water partition coefficient (Wildman–Crippen LogP) is 4.40. The van der Waals surface area contributed by atoms with E-state index >= 15 is 0 Å². The van der Waals surface area contributed by atoms with E-state index in [1.54, 1.807) is 34.2 Å². The summed E-state index contributed by atoms with van der Waals surface area (Å²) in [4.78, 5) is 45.9. The Morgan fingerprint density at radius 2 is 1.76 bits per heavy atom. The zero-order chi connectivity index (χ0) is 41.7. The van der Waals surface area contributed by atoms with Crippen LogP contribution in [0.25, 0.3) is 10.9 Å². The van der Waals surface area contributed by atoms with Crippen LogP contribution in [0.3, 0.4) is 0 Å². The van der Waals surface area contributed by atoms with Crippen LogP contribution in [0.5, 0.6) is 5.75 Å². The number of phenols is 1. The van der Waals surface area contributed by atoms with E-state index in [2.05, 4.69) is 15.2 Å². The van der Waals surface area contributed by atoms with Crippen LogP contribution in [0.1, 0.15) is 65.5 Å². The monoisotopic (exact) mass is 843 g/mol. The molecule has 7 rings (SSSR count). The minimum Gasteiger partial charge on any atom is -0.506 e. The van der Waals surface area contributed by atoms with Gasteiger partial charge in [0.25, 0.3) is 0 Å². The Morgan fingerprint density at radius 1 is 1.05 bits per heavy atom. The van der Waals surface area contributed by atoms with Crippen molar-refractivity contribution in [1.29, 1.82) is 0 Å². The fourth-order valence-electron chi connectivity index (χ4n) is 8.33. The normalized spacial score (nSPS) is 16.2. The van der Waals surface area contributed by atoms with Crippen LogP contribution >= 0.6 is 22.7 Å². The van der Waals surface area contributed by atoms with Crippen LogP contribution in [0, 0.1) is 5.41 Å². The summed E-state index contributed by atoms with van der Waals surface area (Å²) in [5.41, 5.74) is 7.38. The van der Waals surface area contributed by atoms with E-state index in [9.17, 15) is 29.7 Å². The van der Waals surface area contributed by atoms with Gasteiger partial charge in [0, 0.05) is 57.6 Å². The predicted molar refractivity (Wildman–Crippen MR) is 231 cm³/mol. The highest BCUT2D eigenvalue weighted by atomic mass is 32.1. The standard InChI is InChI=1S/C43H53N7O7S2/c1-48(16-4-17-50(45)33-10-7-28(23-32(33)44)26-46-27-35(52)30-8-11-34(51)40-31(30)9-12-38(53)47-40)39(54)13-18-49-19-14-42(15-20-49)24-29(25-42)57-41(55)43(56,36-5-2-21-58-36)37-6-3-22-59-37/h2-3,5-12,21-23,29,35,46,51-52,56H,4,13-20,24-27,44-45H2,1H3,(H,47,53). The summed E-state index contributed by atoms with van der Waals surface area (Å²) in [6.45, 7) is 4.23. The average molecular weight is 844 g/mol. The number of nitrogens with zero attached hydrogens (tertiary/aromatic N) is 3. The first-order chi connectivity index (χ1) is 28.3. The number of aliphatic hydroxyl groups excluding tert-OH is 1. The Bertz CT molecular complexity index is 2230. The quantitative estimate of drug-likeness (QED) is 0.0301. The number of carbonyl (C=O) groups excluding carboxylic acids is 2. The Kier molecular flexibility index (Phi) is 13.1. The van der Waals surface area contributed by atoms with Crippen LogP contribution < -0.4 is 27.5 Å². The van der Waals surface area contributed by atoms with Crippen LogP contribution in [0.2, 0.25) is 0 Å². The molecule has 1 unspecified atom stereocenters. The van der Waals surface area contributed by atoms with Crippen molar-refractivity contribution in [2.45, 2.75) is 62.9 Å². The third-order valence-electron chi connectivity index (χ3n) is 11.9. The van der Waals surface area contributed by atoms with Gasteiger partial charge in [-0.15, -0.1) is 22.7 Å². The number of piperidine rings is 1. The number of aromatic amines is 1. The summed E-state index contributed by atoms with van der Waals surface area (Å²) in [7, 11) is 1.82. The van der Waals surface area contributed by atoms with Crippen molar-refractivity contribution in [3.63, 3.8) is 0 Å². The molecule has 0 bridgehead atoms. The van der Waals surface area contributed by atoms with E-state index in [0.29, 0.717) is 71.1 Å². The molecule has 1 saturated heterocycles. The van der Waals surface area contributed by atoms with Crippen molar-refractivity contribution >= 4 is 56.8 Å². The molecular formula is C43H53N7O7S2. The minimum absolute atomic E-state index is 0.0605. The second-order valence-electron chi connectivity index (χ2n) is 15.9. The molecule has 314 valence electrons. The van der Waals surface area contributed by atoms with Gasteiger partial charge in [0.1, 0.15) is 11.9 Å². The highest BCUT2D eigenvalue weighted by Crippen LogP contribution is 2.51. The van der Waals surface area contributed by atoms with Gasteiger partial charge in [-0.2, -0.15) is 0 Å². The van der Waals surface area contributed by atoms with Gasteiger partial charge in [-0.25, -0.2) is 10.6 Å². The molecule has 14 nitrogen and oxygen atoms in total. The number of nitrogen functional groups attached to an aromatic ring is 1. The number of thiophene rings is 2. The number of rotatable bonds is 17. The van der Waals surface area contributed by atoms with Gasteiger partial charge < -0.3 is 50.9 Å². The Labute approximate surface area is 351 Å². The lowest BCUT2D eigenvalue weighted by molar-refractivity contribution is -0.181. The van der Waals surface area contributed by atoms with E-state index in [1.165, 1.54) is 34.8 Å². The first kappa shape index (κ1) is 42.3. The summed E-state index contributed by atoms with van der Waals surface area (Å²) < 4.78 is 5.91. The van der Waals surface area contributed by atoms with Crippen molar-refractivity contribution < 1.29 is 29.6 Å². The Hall–Kier alpha value is -4.81. The van der Waals surface area contributed by atoms with E-state index in [4.69, 9.17) is 16.3 Å². The summed E-state index contributed by atoms with van der Waals surface area (Å²) in [5, 5.41) is 41.6. The first-order valence-electron chi connectivity index (χ1n) is 20.0. The number of ether oxygens (including phenoxy) is 1. The molecule has 9 N–H and O–H groups in total. The number of amides is 1. The zero-order valence-corrected chi connectivity index (χ0v) is 34.8. The van der Waals surface area contributed by atoms with E-state index in [1.807, 2.05) is 48.1 Å². The summed E-state index contributed by atoms with van der Waals surface area (Å²) in [6, 6.07) is 18.8. The molecule has 5 aromatic rings. The lowest BCUT2D eigenvalue weighted by Gasteiger charge is -2.51. The van der Waals surface area contributed by atoms with Gasteiger partial charge in [0.2, 0.25) is 17.1 Å². The SMILES string of the molecule is CN(CCCN(N)c1ccc(CNCC(O)c2ccc(O)c3[nH]c(=O)ccc23)cc1N)C(=O)CCN1CCC2(CC1)CC(OC(=O)C(O)(c1cccs1)c1cccs1)C2. The molecule has 1 aliphatic carbocycles. The minimum atomic E-state index is -1.79. The highest BCUT2D eigenvalue weighted by Gasteiger charge is 2.51. The molecule has 1 aliphatic heterocycles. The van der Waals surface area contributed by atoms with Gasteiger partial charge in [-0.3, -0.25) is 9.59 Å². The third kappa shape index (κ3) is 9.49. The molecule has 2 aliphatic rings. The topological polar surface area (TPSA) is 211 Å². The molecule has 1 saturated carbocycles. The number of hydrazine groups is 1. The molecule has 1 atom stereocenters. The van der Waals surface area contributed by atoms with Gasteiger partial charge in [-0.1, -0.05) is 24.3 Å². The lowest BCUT2D eigenvalue weighted by atomic mass is 9.61. The average Bonchev–Trinajstić information content (AvgIpc) is 3.97. The number of anilines is 2. The van der Waals surface area contributed by atoms with E-state index < -0.39 is 17.7 Å².